The maximum Gasteiger partial charge on any atom is 0.248 e. The minimum absolute atomic E-state index is 0.161. The highest BCUT2D eigenvalue weighted by molar-refractivity contribution is 7.89. The molecule has 1 aromatic carbocycles. The average Bonchev–Trinajstić information content (AvgIpc) is 2.67. The Morgan fingerprint density at radius 2 is 1.67 bits per heavy atom. The van der Waals surface area contributed by atoms with Gasteiger partial charge in [0.2, 0.25) is 10.0 Å². The van der Waals surface area contributed by atoms with Crippen molar-refractivity contribution in [1.29, 1.82) is 0 Å². The van der Waals surface area contributed by atoms with Gasteiger partial charge in [0.05, 0.1) is 0 Å². The van der Waals surface area contributed by atoms with E-state index in [9.17, 15) is 8.42 Å². The van der Waals surface area contributed by atoms with Gasteiger partial charge < -0.3 is 4.52 Å². The molecule has 21 heavy (non-hydrogen) atoms. The zero-order valence-corrected chi connectivity index (χ0v) is 13.8. The molecule has 0 bridgehead atoms. The molecule has 0 unspecified atom stereocenters. The summed E-state index contributed by atoms with van der Waals surface area (Å²) >= 11 is 0. The molecule has 2 rings (SSSR count). The quantitative estimate of drug-likeness (QED) is 0.871. The lowest BCUT2D eigenvalue weighted by Gasteiger charge is -2.17. The monoisotopic (exact) mass is 308 g/mol. The molecule has 2 aromatic rings. The van der Waals surface area contributed by atoms with E-state index in [1.807, 2.05) is 26.0 Å². The standard InChI is InChI=1S/C15H20N2O3S/c1-10-6-11(2)8-14(7-10)9-17(5)21(18,19)15-12(3)16-20-13(15)4/h6-8H,9H2,1-5H3. The second-order valence-corrected chi connectivity index (χ2v) is 7.39. The number of nitrogens with zero attached hydrogens (tertiary/aromatic N) is 2. The third kappa shape index (κ3) is 3.16. The minimum atomic E-state index is -3.60. The summed E-state index contributed by atoms with van der Waals surface area (Å²) < 4.78 is 31.6. The molecule has 0 aliphatic heterocycles. The predicted molar refractivity (Wildman–Crippen MR) is 80.5 cm³/mol. The fraction of sp³-hybridized carbons (Fsp3) is 0.400. The molecule has 0 aliphatic rings. The van der Waals surface area contributed by atoms with Crippen molar-refractivity contribution >= 4 is 10.0 Å². The van der Waals surface area contributed by atoms with Gasteiger partial charge in [-0.3, -0.25) is 0 Å². The van der Waals surface area contributed by atoms with Crippen LogP contribution in [-0.4, -0.2) is 24.9 Å². The van der Waals surface area contributed by atoms with Gasteiger partial charge >= 0.3 is 0 Å². The smallest absolute Gasteiger partial charge is 0.248 e. The number of rotatable bonds is 4. The normalized spacial score (nSPS) is 12.1. The van der Waals surface area contributed by atoms with Crippen molar-refractivity contribution < 1.29 is 12.9 Å². The van der Waals surface area contributed by atoms with E-state index in [1.165, 1.54) is 4.31 Å². The SMILES string of the molecule is Cc1cc(C)cc(CN(C)S(=O)(=O)c2c(C)noc2C)c1. The molecule has 1 heterocycles. The van der Waals surface area contributed by atoms with Gasteiger partial charge in [0.25, 0.3) is 0 Å². The summed E-state index contributed by atoms with van der Waals surface area (Å²) in [6, 6.07) is 6.05. The van der Waals surface area contributed by atoms with E-state index in [2.05, 4.69) is 11.2 Å². The van der Waals surface area contributed by atoms with E-state index in [4.69, 9.17) is 4.52 Å². The van der Waals surface area contributed by atoms with Crippen molar-refractivity contribution in [2.24, 2.45) is 0 Å². The van der Waals surface area contributed by atoms with Gasteiger partial charge in [-0.05, 0) is 33.3 Å². The molecule has 0 spiro atoms. The Kier molecular flexibility index (Phi) is 4.20. The largest absolute Gasteiger partial charge is 0.360 e. The van der Waals surface area contributed by atoms with Gasteiger partial charge in [-0.15, -0.1) is 0 Å². The molecule has 6 heteroatoms. The first-order chi connectivity index (χ1) is 9.71. The van der Waals surface area contributed by atoms with Gasteiger partial charge in [0.1, 0.15) is 10.6 Å². The fourth-order valence-corrected chi connectivity index (χ4v) is 3.94. The van der Waals surface area contributed by atoms with Crippen LogP contribution in [0.5, 0.6) is 0 Å². The van der Waals surface area contributed by atoms with Crippen molar-refractivity contribution in [2.45, 2.75) is 39.1 Å². The Morgan fingerprint density at radius 3 is 2.14 bits per heavy atom. The topological polar surface area (TPSA) is 63.4 Å². The van der Waals surface area contributed by atoms with E-state index >= 15 is 0 Å². The second-order valence-electron chi connectivity index (χ2n) is 5.41. The number of hydrogen-bond acceptors (Lipinski definition) is 4. The van der Waals surface area contributed by atoms with Crippen LogP contribution in [0.4, 0.5) is 0 Å². The Bertz CT molecular complexity index is 723. The second kappa shape index (κ2) is 5.61. The molecular formula is C15H20N2O3S. The number of sulfonamides is 1. The Hall–Kier alpha value is -1.66. The number of hydrogen-bond donors (Lipinski definition) is 0. The lowest BCUT2D eigenvalue weighted by molar-refractivity contribution is 0.389. The molecule has 114 valence electrons. The van der Waals surface area contributed by atoms with Crippen LogP contribution < -0.4 is 0 Å². The molecule has 0 aliphatic carbocycles. The summed E-state index contributed by atoms with van der Waals surface area (Å²) in [6.45, 7) is 7.55. The van der Waals surface area contributed by atoms with E-state index < -0.39 is 10.0 Å². The van der Waals surface area contributed by atoms with Gasteiger partial charge in [-0.1, -0.05) is 34.5 Å². The van der Waals surface area contributed by atoms with Gasteiger partial charge in [-0.2, -0.15) is 4.31 Å². The third-order valence-corrected chi connectivity index (χ3v) is 5.37. The molecule has 0 amide bonds. The molecule has 0 radical (unpaired) electrons. The molecule has 1 aromatic heterocycles. The van der Waals surface area contributed by atoms with Crippen LogP contribution in [0.2, 0.25) is 0 Å². The van der Waals surface area contributed by atoms with E-state index in [-0.39, 0.29) is 4.90 Å². The first-order valence-corrected chi connectivity index (χ1v) is 8.12. The highest BCUT2D eigenvalue weighted by Crippen LogP contribution is 2.23. The number of benzene rings is 1. The predicted octanol–water partition coefficient (Wildman–Crippen LogP) is 2.73. The van der Waals surface area contributed by atoms with Crippen molar-refractivity contribution in [3.05, 3.63) is 46.3 Å². The molecule has 0 saturated heterocycles. The molecule has 0 N–H and O–H groups in total. The average molecular weight is 308 g/mol. The summed E-state index contributed by atoms with van der Waals surface area (Å²) in [7, 11) is -2.04. The van der Waals surface area contributed by atoms with Crippen LogP contribution in [0.25, 0.3) is 0 Å². The summed E-state index contributed by atoms with van der Waals surface area (Å²) in [5.41, 5.74) is 3.59. The van der Waals surface area contributed by atoms with Crippen LogP contribution in [-0.2, 0) is 16.6 Å². The Labute approximate surface area is 125 Å². The molecule has 5 nitrogen and oxygen atoms in total. The summed E-state index contributed by atoms with van der Waals surface area (Å²) in [4.78, 5) is 0.161. The van der Waals surface area contributed by atoms with Crippen molar-refractivity contribution in [3.63, 3.8) is 0 Å². The molecular weight excluding hydrogens is 288 g/mol. The highest BCUT2D eigenvalue weighted by Gasteiger charge is 2.28. The molecule has 0 saturated carbocycles. The van der Waals surface area contributed by atoms with Crippen LogP contribution in [0, 0.1) is 27.7 Å². The summed E-state index contributed by atoms with van der Waals surface area (Å²) in [5.74, 6) is 0.319. The molecule has 0 fully saturated rings. The van der Waals surface area contributed by atoms with E-state index in [0.717, 1.165) is 16.7 Å². The lowest BCUT2D eigenvalue weighted by Crippen LogP contribution is -2.27. The van der Waals surface area contributed by atoms with Crippen molar-refractivity contribution in [3.8, 4) is 0 Å². The van der Waals surface area contributed by atoms with Gasteiger partial charge in [-0.25, -0.2) is 8.42 Å². The van der Waals surface area contributed by atoms with Crippen LogP contribution >= 0.6 is 0 Å². The Morgan fingerprint density at radius 1 is 1.10 bits per heavy atom. The highest BCUT2D eigenvalue weighted by atomic mass is 32.2. The van der Waals surface area contributed by atoms with Crippen LogP contribution in [0.1, 0.15) is 28.1 Å². The zero-order valence-electron chi connectivity index (χ0n) is 13.0. The van der Waals surface area contributed by atoms with Crippen molar-refractivity contribution in [1.82, 2.24) is 9.46 Å². The number of aryl methyl sites for hydroxylation is 4. The van der Waals surface area contributed by atoms with Gasteiger partial charge in [0.15, 0.2) is 5.76 Å². The Balaban J connectivity index is 2.33. The number of aromatic nitrogens is 1. The third-order valence-electron chi connectivity index (χ3n) is 3.32. The summed E-state index contributed by atoms with van der Waals surface area (Å²) in [6.07, 6.45) is 0. The van der Waals surface area contributed by atoms with Crippen LogP contribution in [0.15, 0.2) is 27.6 Å². The maximum atomic E-state index is 12.6. The summed E-state index contributed by atoms with van der Waals surface area (Å²) in [5, 5.41) is 3.72. The van der Waals surface area contributed by atoms with Gasteiger partial charge in [0, 0.05) is 13.6 Å². The molecule has 0 atom stereocenters. The maximum absolute atomic E-state index is 12.6. The fourth-order valence-electron chi connectivity index (χ4n) is 2.50. The van der Waals surface area contributed by atoms with Crippen molar-refractivity contribution in [2.75, 3.05) is 7.05 Å². The van der Waals surface area contributed by atoms with E-state index in [1.54, 1.807) is 20.9 Å². The minimum Gasteiger partial charge on any atom is -0.360 e. The van der Waals surface area contributed by atoms with E-state index in [0.29, 0.717) is 18.0 Å². The first-order valence-electron chi connectivity index (χ1n) is 6.68. The first kappa shape index (κ1) is 15.7. The lowest BCUT2D eigenvalue weighted by atomic mass is 10.1. The zero-order chi connectivity index (χ0) is 15.8. The van der Waals surface area contributed by atoms with Crippen LogP contribution in [0.3, 0.4) is 0 Å².